The Balaban J connectivity index is 0.00000192. The molecular weight excluding hydrogens is 338 g/mol. The van der Waals surface area contributed by atoms with Crippen molar-refractivity contribution in [3.8, 4) is 0 Å². The lowest BCUT2D eigenvalue weighted by molar-refractivity contribution is -0.136. The van der Waals surface area contributed by atoms with Gasteiger partial charge in [-0.25, -0.2) is 12.7 Å². The quantitative estimate of drug-likeness (QED) is 0.807. The lowest BCUT2D eigenvalue weighted by Crippen LogP contribution is -2.50. The first-order valence-corrected chi connectivity index (χ1v) is 10.0. The number of piperidine rings is 1. The fraction of sp³-hybridized carbons (Fsp3) is 0.933. The highest BCUT2D eigenvalue weighted by Crippen LogP contribution is 2.29. The molecule has 8 heteroatoms. The van der Waals surface area contributed by atoms with Gasteiger partial charge < -0.3 is 10.6 Å². The first-order chi connectivity index (χ1) is 10.5. The zero-order valence-electron chi connectivity index (χ0n) is 13.5. The second-order valence-electron chi connectivity index (χ2n) is 6.98. The van der Waals surface area contributed by atoms with Crippen LogP contribution in [-0.4, -0.2) is 61.0 Å². The molecule has 2 N–H and O–H groups in total. The van der Waals surface area contributed by atoms with Crippen molar-refractivity contribution in [3.05, 3.63) is 0 Å². The van der Waals surface area contributed by atoms with E-state index in [1.54, 1.807) is 4.90 Å². The third-order valence-electron chi connectivity index (χ3n) is 5.36. The summed E-state index contributed by atoms with van der Waals surface area (Å²) < 4.78 is 27.0. The molecule has 2 atom stereocenters. The maximum Gasteiger partial charge on any atom is 0.225 e. The highest BCUT2D eigenvalue weighted by molar-refractivity contribution is 7.89. The molecular formula is C15H28ClN3O3S. The van der Waals surface area contributed by atoms with Crippen LogP contribution in [0, 0.1) is 5.92 Å². The molecule has 2 heterocycles. The van der Waals surface area contributed by atoms with Crippen molar-refractivity contribution in [1.82, 2.24) is 9.21 Å². The van der Waals surface area contributed by atoms with Gasteiger partial charge in [0.05, 0.1) is 5.25 Å². The molecule has 134 valence electrons. The van der Waals surface area contributed by atoms with Gasteiger partial charge in [-0.3, -0.25) is 4.79 Å². The predicted octanol–water partition coefficient (Wildman–Crippen LogP) is 0.952. The highest BCUT2D eigenvalue weighted by atomic mass is 35.5. The lowest BCUT2D eigenvalue weighted by atomic mass is 10.0. The molecule has 3 fully saturated rings. The summed E-state index contributed by atoms with van der Waals surface area (Å²) >= 11 is 0. The summed E-state index contributed by atoms with van der Waals surface area (Å²) in [5.74, 6) is 0.303. The predicted molar refractivity (Wildman–Crippen MR) is 91.9 cm³/mol. The van der Waals surface area contributed by atoms with Crippen LogP contribution in [-0.2, 0) is 14.8 Å². The Hall–Kier alpha value is -0.370. The molecule has 1 unspecified atom stereocenters. The van der Waals surface area contributed by atoms with Crippen molar-refractivity contribution in [2.75, 3.05) is 26.2 Å². The topological polar surface area (TPSA) is 83.7 Å². The SMILES string of the molecule is Cl.N[C@@H]1CCN(S(=O)(=O)C2CCCN(C(=O)C3CCCC3)C2)C1. The van der Waals surface area contributed by atoms with Gasteiger partial charge in [0.2, 0.25) is 15.9 Å². The van der Waals surface area contributed by atoms with E-state index in [0.29, 0.717) is 32.6 Å². The van der Waals surface area contributed by atoms with Crippen molar-refractivity contribution in [2.45, 2.75) is 56.2 Å². The Bertz CT molecular complexity index is 522. The van der Waals surface area contributed by atoms with E-state index in [1.165, 1.54) is 4.31 Å². The third-order valence-corrected chi connectivity index (χ3v) is 7.64. The molecule has 0 aromatic carbocycles. The maximum absolute atomic E-state index is 12.8. The van der Waals surface area contributed by atoms with Gasteiger partial charge in [-0.2, -0.15) is 0 Å². The average Bonchev–Trinajstić information content (AvgIpc) is 3.18. The van der Waals surface area contributed by atoms with Gasteiger partial charge in [-0.05, 0) is 32.1 Å². The Morgan fingerprint density at radius 3 is 2.26 bits per heavy atom. The fourth-order valence-electron chi connectivity index (χ4n) is 4.01. The lowest BCUT2D eigenvalue weighted by Gasteiger charge is -2.35. The summed E-state index contributed by atoms with van der Waals surface area (Å²) in [7, 11) is -3.33. The van der Waals surface area contributed by atoms with E-state index >= 15 is 0 Å². The first-order valence-electron chi connectivity index (χ1n) is 8.52. The summed E-state index contributed by atoms with van der Waals surface area (Å²) in [6, 6.07) is -0.0467. The van der Waals surface area contributed by atoms with Gasteiger partial charge in [0.1, 0.15) is 0 Å². The van der Waals surface area contributed by atoms with Crippen LogP contribution in [0.5, 0.6) is 0 Å². The van der Waals surface area contributed by atoms with E-state index in [0.717, 1.165) is 38.5 Å². The average molecular weight is 366 g/mol. The van der Waals surface area contributed by atoms with Crippen molar-refractivity contribution in [3.63, 3.8) is 0 Å². The van der Waals surface area contributed by atoms with E-state index in [1.807, 2.05) is 0 Å². The Kier molecular flexibility index (Phi) is 6.33. The van der Waals surface area contributed by atoms with E-state index in [9.17, 15) is 13.2 Å². The number of amides is 1. The molecule has 1 aliphatic carbocycles. The van der Waals surface area contributed by atoms with Crippen LogP contribution in [0.15, 0.2) is 0 Å². The summed E-state index contributed by atoms with van der Waals surface area (Å²) in [6.07, 6.45) is 6.35. The van der Waals surface area contributed by atoms with E-state index in [-0.39, 0.29) is 30.3 Å². The number of carbonyl (C=O) groups is 1. The van der Waals surface area contributed by atoms with Gasteiger partial charge in [0, 0.05) is 38.1 Å². The summed E-state index contributed by atoms with van der Waals surface area (Å²) in [5, 5.41) is -0.447. The van der Waals surface area contributed by atoms with Crippen LogP contribution in [0.4, 0.5) is 0 Å². The van der Waals surface area contributed by atoms with Crippen molar-refractivity contribution in [1.29, 1.82) is 0 Å². The molecule has 0 radical (unpaired) electrons. The van der Waals surface area contributed by atoms with Crippen LogP contribution >= 0.6 is 12.4 Å². The molecule has 2 aliphatic heterocycles. The highest BCUT2D eigenvalue weighted by Gasteiger charge is 2.40. The minimum absolute atomic E-state index is 0. The largest absolute Gasteiger partial charge is 0.341 e. The van der Waals surface area contributed by atoms with E-state index in [2.05, 4.69) is 0 Å². The van der Waals surface area contributed by atoms with Gasteiger partial charge in [-0.15, -0.1) is 12.4 Å². The standard InChI is InChI=1S/C15H27N3O3S.ClH/c16-13-7-9-18(10-13)22(20,21)14-6-3-8-17(11-14)15(19)12-4-1-2-5-12;/h12-14H,1-11,16H2;1H/t13-,14?;/m1./s1. The smallest absolute Gasteiger partial charge is 0.225 e. The van der Waals surface area contributed by atoms with Crippen molar-refractivity contribution < 1.29 is 13.2 Å². The zero-order valence-corrected chi connectivity index (χ0v) is 15.2. The number of carbonyl (C=O) groups excluding carboxylic acids is 1. The molecule has 0 aromatic heterocycles. The molecule has 1 amide bonds. The molecule has 3 rings (SSSR count). The normalized spacial score (nSPS) is 30.4. The monoisotopic (exact) mass is 365 g/mol. The third kappa shape index (κ3) is 4.00. The second-order valence-corrected chi connectivity index (χ2v) is 9.19. The van der Waals surface area contributed by atoms with Gasteiger partial charge in [0.15, 0.2) is 0 Å². The van der Waals surface area contributed by atoms with Gasteiger partial charge in [0.25, 0.3) is 0 Å². The minimum Gasteiger partial charge on any atom is -0.341 e. The van der Waals surface area contributed by atoms with Gasteiger partial charge in [-0.1, -0.05) is 12.8 Å². The van der Waals surface area contributed by atoms with E-state index in [4.69, 9.17) is 5.73 Å². The van der Waals surface area contributed by atoms with Crippen LogP contribution in [0.3, 0.4) is 0 Å². The summed E-state index contributed by atoms with van der Waals surface area (Å²) in [5.41, 5.74) is 5.84. The number of rotatable bonds is 3. The Morgan fingerprint density at radius 2 is 1.65 bits per heavy atom. The number of hydrogen-bond donors (Lipinski definition) is 1. The van der Waals surface area contributed by atoms with Crippen LogP contribution in [0.25, 0.3) is 0 Å². The van der Waals surface area contributed by atoms with Crippen molar-refractivity contribution >= 4 is 28.3 Å². The number of nitrogens with two attached hydrogens (primary N) is 1. The molecule has 1 saturated carbocycles. The van der Waals surface area contributed by atoms with Crippen molar-refractivity contribution in [2.24, 2.45) is 11.7 Å². The van der Waals surface area contributed by atoms with E-state index < -0.39 is 15.3 Å². The fourth-order valence-corrected chi connectivity index (χ4v) is 6.02. The van der Waals surface area contributed by atoms with Crippen LogP contribution < -0.4 is 5.73 Å². The number of halogens is 1. The molecule has 0 aromatic rings. The second kappa shape index (κ2) is 7.68. The molecule has 2 saturated heterocycles. The summed E-state index contributed by atoms with van der Waals surface area (Å²) in [6.45, 7) is 2.02. The molecule has 0 spiro atoms. The maximum atomic E-state index is 12.8. The Morgan fingerprint density at radius 1 is 0.957 bits per heavy atom. The van der Waals surface area contributed by atoms with Crippen LogP contribution in [0.2, 0.25) is 0 Å². The minimum atomic E-state index is -3.33. The Labute approximate surface area is 145 Å². The molecule has 6 nitrogen and oxygen atoms in total. The zero-order chi connectivity index (χ0) is 15.7. The van der Waals surface area contributed by atoms with Crippen LogP contribution in [0.1, 0.15) is 44.9 Å². The van der Waals surface area contributed by atoms with Gasteiger partial charge >= 0.3 is 0 Å². The first kappa shape index (κ1) is 19.0. The number of sulfonamides is 1. The summed E-state index contributed by atoms with van der Waals surface area (Å²) in [4.78, 5) is 14.3. The molecule has 3 aliphatic rings. The molecule has 23 heavy (non-hydrogen) atoms. The number of likely N-dealkylation sites (tertiary alicyclic amines) is 1. The number of nitrogens with zero attached hydrogens (tertiary/aromatic N) is 2. The molecule has 0 bridgehead atoms. The number of hydrogen-bond acceptors (Lipinski definition) is 4.